The number of nitrogens with one attached hydrogen (secondary N) is 2. The van der Waals surface area contributed by atoms with E-state index >= 15 is 0 Å². The van der Waals surface area contributed by atoms with Crippen LogP contribution in [0, 0.1) is 0 Å². The molecule has 0 spiro atoms. The summed E-state index contributed by atoms with van der Waals surface area (Å²) in [7, 11) is 3.39. The van der Waals surface area contributed by atoms with E-state index < -0.39 is 6.04 Å². The zero-order valence-corrected chi connectivity index (χ0v) is 18.5. The summed E-state index contributed by atoms with van der Waals surface area (Å²) in [6.45, 7) is 1.80. The molecule has 1 amide bonds. The summed E-state index contributed by atoms with van der Waals surface area (Å²) in [6, 6.07) is 16.7. The van der Waals surface area contributed by atoms with E-state index in [0.717, 1.165) is 23.3 Å². The Kier molecular flexibility index (Phi) is 10.1. The summed E-state index contributed by atoms with van der Waals surface area (Å²) in [5, 5.41) is 0.656. The van der Waals surface area contributed by atoms with Gasteiger partial charge in [0.15, 0.2) is 0 Å². The van der Waals surface area contributed by atoms with Crippen LogP contribution in [-0.2, 0) is 16.0 Å². The highest BCUT2D eigenvalue weighted by atomic mass is 32.2. The lowest BCUT2D eigenvalue weighted by molar-refractivity contribution is -0.119. The number of rotatable bonds is 12. The number of ether oxygens (including phenoxy) is 1. The summed E-state index contributed by atoms with van der Waals surface area (Å²) < 4.78 is 11.5. The van der Waals surface area contributed by atoms with E-state index in [2.05, 4.69) is 9.44 Å². The lowest BCUT2D eigenvalue weighted by atomic mass is 10.1. The summed E-state index contributed by atoms with van der Waals surface area (Å²) >= 11 is 2.88. The van der Waals surface area contributed by atoms with E-state index in [1.807, 2.05) is 54.6 Å². The Morgan fingerprint density at radius 2 is 1.76 bits per heavy atom. The second-order valence-corrected chi connectivity index (χ2v) is 8.40. The van der Waals surface area contributed by atoms with Crippen molar-refractivity contribution in [2.45, 2.75) is 25.4 Å². The Labute approximate surface area is 181 Å². The number of carbonyl (C=O) groups is 2. The van der Waals surface area contributed by atoms with Crippen molar-refractivity contribution in [1.29, 1.82) is 0 Å². The minimum Gasteiger partial charge on any atom is -0.497 e. The molecule has 0 aromatic heterocycles. The van der Waals surface area contributed by atoms with Crippen LogP contribution in [0.15, 0.2) is 54.6 Å². The highest BCUT2D eigenvalue weighted by Crippen LogP contribution is 2.20. The van der Waals surface area contributed by atoms with Gasteiger partial charge < -0.3 is 14.4 Å². The van der Waals surface area contributed by atoms with E-state index in [1.54, 1.807) is 26.0 Å². The maximum Gasteiger partial charge on any atom is 0.245 e. The molecule has 0 saturated carbocycles. The van der Waals surface area contributed by atoms with Gasteiger partial charge in [-0.05, 0) is 43.2 Å². The molecule has 2 N–H and O–H groups in total. The summed E-state index contributed by atoms with van der Waals surface area (Å²) in [5.74, 6) is 0.726. The lowest BCUT2D eigenvalue weighted by Crippen LogP contribution is -2.44. The third-order valence-corrected chi connectivity index (χ3v) is 6.12. The molecule has 29 heavy (non-hydrogen) atoms. The minimum absolute atomic E-state index is 0.0225. The number of anilines is 1. The Balaban J connectivity index is 2.01. The number of hydrogen-bond acceptors (Lipinski definition) is 7. The standard InChI is InChI=1S/C21H27N3O3S2/c1-16(14-25)22-28-15-29-23-20(13-17-7-5-4-6-8-17)21(26)24(2)18-9-11-19(27-3)12-10-18/h4-12,14,16,20,22-23H,13,15H2,1-3H3/t16-,20?/m0/s1. The van der Waals surface area contributed by atoms with Crippen LogP contribution in [-0.4, -0.2) is 43.5 Å². The van der Waals surface area contributed by atoms with E-state index in [-0.39, 0.29) is 11.9 Å². The van der Waals surface area contributed by atoms with Crippen LogP contribution in [0.5, 0.6) is 5.75 Å². The van der Waals surface area contributed by atoms with Crippen LogP contribution in [0.1, 0.15) is 12.5 Å². The first-order valence-electron chi connectivity index (χ1n) is 9.20. The fourth-order valence-corrected chi connectivity index (χ4v) is 4.04. The van der Waals surface area contributed by atoms with Gasteiger partial charge in [-0.2, -0.15) is 0 Å². The van der Waals surface area contributed by atoms with Gasteiger partial charge >= 0.3 is 0 Å². The first-order valence-corrected chi connectivity index (χ1v) is 11.2. The first-order chi connectivity index (χ1) is 14.0. The molecule has 6 nitrogen and oxygen atoms in total. The molecule has 2 rings (SSSR count). The van der Waals surface area contributed by atoms with Crippen molar-refractivity contribution >= 4 is 41.8 Å². The smallest absolute Gasteiger partial charge is 0.245 e. The van der Waals surface area contributed by atoms with Crippen molar-refractivity contribution in [3.63, 3.8) is 0 Å². The van der Waals surface area contributed by atoms with E-state index in [9.17, 15) is 9.59 Å². The molecule has 2 atom stereocenters. The van der Waals surface area contributed by atoms with Gasteiger partial charge in [0, 0.05) is 12.7 Å². The van der Waals surface area contributed by atoms with Crippen molar-refractivity contribution in [2.75, 3.05) is 24.1 Å². The van der Waals surface area contributed by atoms with Crippen LogP contribution in [0.4, 0.5) is 5.69 Å². The molecule has 0 aliphatic carbocycles. The van der Waals surface area contributed by atoms with Gasteiger partial charge in [0.05, 0.1) is 18.2 Å². The fourth-order valence-electron chi connectivity index (χ4n) is 2.55. The van der Waals surface area contributed by atoms with Gasteiger partial charge in [0.1, 0.15) is 18.1 Å². The molecule has 2 aromatic carbocycles. The molecule has 0 bridgehead atoms. The number of likely N-dealkylation sites (N-methyl/N-ethyl adjacent to an activating group) is 1. The molecule has 0 heterocycles. The second-order valence-electron chi connectivity index (χ2n) is 6.40. The van der Waals surface area contributed by atoms with Crippen molar-refractivity contribution in [2.24, 2.45) is 0 Å². The second kappa shape index (κ2) is 12.5. The maximum atomic E-state index is 13.2. The van der Waals surface area contributed by atoms with Crippen LogP contribution < -0.4 is 19.1 Å². The van der Waals surface area contributed by atoms with Crippen molar-refractivity contribution in [3.8, 4) is 5.75 Å². The number of hydrogen-bond donors (Lipinski definition) is 2. The quantitative estimate of drug-likeness (QED) is 0.230. The van der Waals surface area contributed by atoms with Crippen molar-refractivity contribution in [1.82, 2.24) is 9.44 Å². The number of methoxy groups -OCH3 is 1. The normalized spacial score (nSPS) is 12.8. The predicted octanol–water partition coefficient (Wildman–Crippen LogP) is 3.29. The summed E-state index contributed by atoms with van der Waals surface area (Å²) in [5.41, 5.74) is 1.89. The SMILES string of the molecule is COc1ccc(N(C)C(=O)C(Cc2ccccc2)NSCSN[C@@H](C)C=O)cc1. The zero-order chi connectivity index (χ0) is 21.1. The molecular formula is C21H27N3O3S2. The predicted molar refractivity (Wildman–Crippen MR) is 122 cm³/mol. The number of benzene rings is 2. The van der Waals surface area contributed by atoms with Crippen LogP contribution in [0.2, 0.25) is 0 Å². The molecule has 1 unspecified atom stereocenters. The van der Waals surface area contributed by atoms with Crippen LogP contribution in [0.3, 0.4) is 0 Å². The molecular weight excluding hydrogens is 406 g/mol. The fraction of sp³-hybridized carbons (Fsp3) is 0.333. The lowest BCUT2D eigenvalue weighted by Gasteiger charge is -2.25. The minimum atomic E-state index is -0.390. The van der Waals surface area contributed by atoms with Gasteiger partial charge in [-0.3, -0.25) is 14.2 Å². The Morgan fingerprint density at radius 3 is 2.38 bits per heavy atom. The Morgan fingerprint density at radius 1 is 1.10 bits per heavy atom. The first kappa shape index (κ1) is 23.3. The average molecular weight is 434 g/mol. The van der Waals surface area contributed by atoms with E-state index in [0.29, 0.717) is 11.5 Å². The molecule has 0 saturated heterocycles. The number of aldehydes is 1. The third-order valence-electron chi connectivity index (χ3n) is 4.19. The monoisotopic (exact) mass is 433 g/mol. The molecule has 0 fully saturated rings. The molecule has 2 aromatic rings. The Bertz CT molecular complexity index is 760. The number of amides is 1. The van der Waals surface area contributed by atoms with Crippen LogP contribution in [0.25, 0.3) is 0 Å². The molecule has 8 heteroatoms. The molecule has 0 radical (unpaired) electrons. The largest absolute Gasteiger partial charge is 0.497 e. The number of nitrogens with zero attached hydrogens (tertiary/aromatic N) is 1. The van der Waals surface area contributed by atoms with Gasteiger partial charge in [0.2, 0.25) is 5.91 Å². The highest BCUT2D eigenvalue weighted by Gasteiger charge is 2.23. The zero-order valence-electron chi connectivity index (χ0n) is 16.8. The molecule has 156 valence electrons. The van der Waals surface area contributed by atoms with E-state index in [1.165, 1.54) is 23.9 Å². The molecule has 0 aliphatic rings. The summed E-state index contributed by atoms with van der Waals surface area (Å²) in [4.78, 5) is 25.5. The Hall–Kier alpha value is -2.00. The van der Waals surface area contributed by atoms with Crippen LogP contribution >= 0.6 is 23.9 Å². The van der Waals surface area contributed by atoms with Gasteiger partial charge in [-0.25, -0.2) is 0 Å². The van der Waals surface area contributed by atoms with Gasteiger partial charge in [0.25, 0.3) is 0 Å². The average Bonchev–Trinajstić information content (AvgIpc) is 2.77. The van der Waals surface area contributed by atoms with Gasteiger partial charge in [-0.1, -0.05) is 54.2 Å². The van der Waals surface area contributed by atoms with Crippen molar-refractivity contribution in [3.05, 3.63) is 60.2 Å². The van der Waals surface area contributed by atoms with E-state index in [4.69, 9.17) is 4.74 Å². The maximum absolute atomic E-state index is 13.2. The highest BCUT2D eigenvalue weighted by molar-refractivity contribution is 8.14. The molecule has 0 aliphatic heterocycles. The topological polar surface area (TPSA) is 70.7 Å². The van der Waals surface area contributed by atoms with Gasteiger partial charge in [-0.15, -0.1) is 0 Å². The third kappa shape index (κ3) is 7.74. The van der Waals surface area contributed by atoms with Crippen molar-refractivity contribution < 1.29 is 14.3 Å². The summed E-state index contributed by atoms with van der Waals surface area (Å²) in [6.07, 6.45) is 1.44. The number of carbonyl (C=O) groups excluding carboxylic acids is 2.